The normalized spacial score (nSPS) is 19.0. The van der Waals surface area contributed by atoms with Gasteiger partial charge >= 0.3 is 0 Å². The first kappa shape index (κ1) is 18.2. The number of rotatable bonds is 3. The van der Waals surface area contributed by atoms with Gasteiger partial charge in [-0.25, -0.2) is 4.90 Å². The van der Waals surface area contributed by atoms with Crippen molar-refractivity contribution >= 4 is 23.4 Å². The van der Waals surface area contributed by atoms with E-state index in [-0.39, 0.29) is 24.1 Å². The number of hydrogen-bond acceptors (Lipinski definition) is 4. The lowest BCUT2D eigenvalue weighted by molar-refractivity contribution is -0.129. The minimum atomic E-state index is -0.575. The Morgan fingerprint density at radius 1 is 1.07 bits per heavy atom. The molecule has 6 heteroatoms. The van der Waals surface area contributed by atoms with E-state index >= 15 is 0 Å². The quantitative estimate of drug-likeness (QED) is 0.824. The van der Waals surface area contributed by atoms with Gasteiger partial charge in [-0.2, -0.15) is 0 Å². The maximum absolute atomic E-state index is 13.3. The number of anilines is 1. The minimum Gasteiger partial charge on any atom is -0.497 e. The molecule has 1 atom stereocenters. The van der Waals surface area contributed by atoms with Crippen molar-refractivity contribution in [3.8, 4) is 5.75 Å². The molecule has 0 spiro atoms. The molecule has 0 radical (unpaired) electrons. The van der Waals surface area contributed by atoms with E-state index in [1.165, 1.54) is 4.90 Å². The summed E-state index contributed by atoms with van der Waals surface area (Å²) in [5.74, 6) is -0.108. The van der Waals surface area contributed by atoms with E-state index in [1.54, 1.807) is 48.4 Å². The van der Waals surface area contributed by atoms with Crippen LogP contribution in [0.4, 0.5) is 5.69 Å². The zero-order valence-corrected chi connectivity index (χ0v) is 15.8. The van der Waals surface area contributed by atoms with Crippen molar-refractivity contribution in [3.05, 3.63) is 59.7 Å². The summed E-state index contributed by atoms with van der Waals surface area (Å²) in [7, 11) is 1.58. The van der Waals surface area contributed by atoms with Gasteiger partial charge in [-0.1, -0.05) is 24.3 Å². The topological polar surface area (TPSA) is 66.9 Å². The maximum atomic E-state index is 13.3. The number of amides is 3. The summed E-state index contributed by atoms with van der Waals surface area (Å²) in [6.45, 7) is 0.546. The van der Waals surface area contributed by atoms with Gasteiger partial charge in [0.1, 0.15) is 11.8 Å². The standard InChI is InChI=1S/C22H22N2O4/c1-28-16-11-9-15(10-12-16)14-20(25)24-18-7-3-2-6-17(18)21(26)23-13-5-4-8-19(23)22(24)27/h2-3,6-7,9-12,19H,4-5,8,13-14H2,1H3. The van der Waals surface area contributed by atoms with Crippen molar-refractivity contribution < 1.29 is 19.1 Å². The second kappa shape index (κ2) is 7.46. The second-order valence-corrected chi connectivity index (χ2v) is 7.12. The van der Waals surface area contributed by atoms with E-state index < -0.39 is 6.04 Å². The second-order valence-electron chi connectivity index (χ2n) is 7.12. The number of methoxy groups -OCH3 is 1. The minimum absolute atomic E-state index is 0.0744. The summed E-state index contributed by atoms with van der Waals surface area (Å²) >= 11 is 0. The van der Waals surface area contributed by atoms with Crippen molar-refractivity contribution in [2.75, 3.05) is 18.6 Å². The SMILES string of the molecule is COc1ccc(CC(=O)N2C(=O)C3CCCCN3C(=O)c3ccccc32)cc1. The average Bonchev–Trinajstić information content (AvgIpc) is 2.82. The van der Waals surface area contributed by atoms with Gasteiger partial charge in [-0.3, -0.25) is 14.4 Å². The van der Waals surface area contributed by atoms with Crippen LogP contribution in [0.3, 0.4) is 0 Å². The Morgan fingerprint density at radius 2 is 1.82 bits per heavy atom. The van der Waals surface area contributed by atoms with Crippen LogP contribution in [-0.4, -0.2) is 42.3 Å². The number of imide groups is 1. The van der Waals surface area contributed by atoms with Crippen LogP contribution in [0.2, 0.25) is 0 Å². The summed E-state index contributed by atoms with van der Waals surface area (Å²) in [5.41, 5.74) is 1.57. The first-order valence-electron chi connectivity index (χ1n) is 9.50. The lowest BCUT2D eigenvalue weighted by Gasteiger charge is -2.34. The van der Waals surface area contributed by atoms with E-state index in [9.17, 15) is 14.4 Å². The largest absolute Gasteiger partial charge is 0.497 e. The molecule has 1 unspecified atom stereocenters. The van der Waals surface area contributed by atoms with Crippen molar-refractivity contribution in [3.63, 3.8) is 0 Å². The molecule has 0 saturated carbocycles. The molecule has 2 heterocycles. The molecule has 0 bridgehead atoms. The highest BCUT2D eigenvalue weighted by Gasteiger charge is 2.42. The molecule has 4 rings (SSSR count). The summed E-state index contributed by atoms with van der Waals surface area (Å²) in [6, 6.07) is 13.5. The number of nitrogens with zero attached hydrogens (tertiary/aromatic N) is 2. The number of benzene rings is 2. The first-order chi connectivity index (χ1) is 13.6. The Morgan fingerprint density at radius 3 is 2.57 bits per heavy atom. The molecule has 2 aromatic carbocycles. The molecule has 2 aromatic rings. The highest BCUT2D eigenvalue weighted by atomic mass is 16.5. The highest BCUT2D eigenvalue weighted by molar-refractivity contribution is 6.22. The fourth-order valence-corrected chi connectivity index (χ4v) is 3.96. The molecule has 1 saturated heterocycles. The molecule has 28 heavy (non-hydrogen) atoms. The molecule has 2 aliphatic heterocycles. The maximum Gasteiger partial charge on any atom is 0.256 e. The predicted molar refractivity (Wildman–Crippen MR) is 104 cm³/mol. The molecule has 2 aliphatic rings. The van der Waals surface area contributed by atoms with Crippen LogP contribution in [0.15, 0.2) is 48.5 Å². The van der Waals surface area contributed by atoms with Crippen molar-refractivity contribution in [2.24, 2.45) is 0 Å². The fourth-order valence-electron chi connectivity index (χ4n) is 3.96. The van der Waals surface area contributed by atoms with E-state index in [0.717, 1.165) is 18.4 Å². The lowest BCUT2D eigenvalue weighted by Crippen LogP contribution is -2.52. The molecule has 0 N–H and O–H groups in total. The Hall–Kier alpha value is -3.15. The van der Waals surface area contributed by atoms with Gasteiger partial charge in [0.05, 0.1) is 24.8 Å². The van der Waals surface area contributed by atoms with Gasteiger partial charge in [0.15, 0.2) is 0 Å². The summed E-state index contributed by atoms with van der Waals surface area (Å²) in [5, 5.41) is 0. The molecule has 144 valence electrons. The van der Waals surface area contributed by atoms with Gasteiger partial charge in [0.2, 0.25) is 5.91 Å². The van der Waals surface area contributed by atoms with Crippen LogP contribution in [0, 0.1) is 0 Å². The Kier molecular flexibility index (Phi) is 4.86. The molecule has 6 nitrogen and oxygen atoms in total. The number of carbonyl (C=O) groups excluding carboxylic acids is 3. The number of para-hydroxylation sites is 1. The summed E-state index contributed by atoms with van der Waals surface area (Å²) < 4.78 is 5.15. The molecule has 1 fully saturated rings. The van der Waals surface area contributed by atoms with Gasteiger partial charge in [-0.15, -0.1) is 0 Å². The Bertz CT molecular complexity index is 922. The predicted octanol–water partition coefficient (Wildman–Crippen LogP) is 2.81. The molecule has 0 aliphatic carbocycles. The third-order valence-electron chi connectivity index (χ3n) is 5.41. The molecule has 3 amide bonds. The lowest BCUT2D eigenvalue weighted by atomic mass is 10.0. The van der Waals surface area contributed by atoms with Gasteiger partial charge in [0.25, 0.3) is 11.8 Å². The van der Waals surface area contributed by atoms with E-state index in [1.807, 2.05) is 12.1 Å². The number of piperidine rings is 1. The van der Waals surface area contributed by atoms with Crippen LogP contribution in [0.25, 0.3) is 0 Å². The van der Waals surface area contributed by atoms with Gasteiger partial charge < -0.3 is 9.64 Å². The molecule has 0 aromatic heterocycles. The molecular formula is C22H22N2O4. The highest BCUT2D eigenvalue weighted by Crippen LogP contribution is 2.32. The van der Waals surface area contributed by atoms with Crippen LogP contribution in [0.1, 0.15) is 35.2 Å². The fraction of sp³-hybridized carbons (Fsp3) is 0.318. The number of hydrogen-bond donors (Lipinski definition) is 0. The monoisotopic (exact) mass is 378 g/mol. The van der Waals surface area contributed by atoms with E-state index in [2.05, 4.69) is 0 Å². The van der Waals surface area contributed by atoms with Gasteiger partial charge in [-0.05, 0) is 49.1 Å². The number of ether oxygens (including phenoxy) is 1. The van der Waals surface area contributed by atoms with Crippen molar-refractivity contribution in [1.82, 2.24) is 4.90 Å². The van der Waals surface area contributed by atoms with Crippen molar-refractivity contribution in [1.29, 1.82) is 0 Å². The first-order valence-corrected chi connectivity index (χ1v) is 9.50. The third-order valence-corrected chi connectivity index (χ3v) is 5.41. The summed E-state index contributed by atoms with van der Waals surface area (Å²) in [4.78, 5) is 42.4. The van der Waals surface area contributed by atoms with Crippen LogP contribution >= 0.6 is 0 Å². The number of fused-ring (bicyclic) bond motifs is 2. The van der Waals surface area contributed by atoms with Crippen LogP contribution in [0.5, 0.6) is 5.75 Å². The van der Waals surface area contributed by atoms with E-state index in [4.69, 9.17) is 4.74 Å². The number of carbonyl (C=O) groups is 3. The van der Waals surface area contributed by atoms with Crippen molar-refractivity contribution in [2.45, 2.75) is 31.7 Å². The Balaban J connectivity index is 1.70. The zero-order valence-electron chi connectivity index (χ0n) is 15.8. The van der Waals surface area contributed by atoms with Gasteiger partial charge in [0, 0.05) is 6.54 Å². The zero-order chi connectivity index (χ0) is 19.7. The third kappa shape index (κ3) is 3.15. The van der Waals surface area contributed by atoms with E-state index in [0.29, 0.717) is 30.0 Å². The smallest absolute Gasteiger partial charge is 0.256 e. The Labute approximate surface area is 163 Å². The summed E-state index contributed by atoms with van der Waals surface area (Å²) in [6.07, 6.45) is 2.41. The molecular weight excluding hydrogens is 356 g/mol. The van der Waals surface area contributed by atoms with Crippen LogP contribution < -0.4 is 9.64 Å². The average molecular weight is 378 g/mol. The van der Waals surface area contributed by atoms with Crippen LogP contribution in [-0.2, 0) is 16.0 Å².